The Hall–Kier alpha value is -2.86. The summed E-state index contributed by atoms with van der Waals surface area (Å²) in [7, 11) is 0. The van der Waals surface area contributed by atoms with E-state index in [1.54, 1.807) is 23.0 Å². The van der Waals surface area contributed by atoms with E-state index in [1.807, 2.05) is 36.4 Å². The number of para-hydroxylation sites is 2. The summed E-state index contributed by atoms with van der Waals surface area (Å²) in [4.78, 5) is 27.9. The largest absolute Gasteiger partial charge is 0.454 e. The molecule has 1 aromatic heterocycles. The molecule has 0 spiro atoms. The van der Waals surface area contributed by atoms with Crippen molar-refractivity contribution in [2.75, 3.05) is 6.61 Å². The maximum absolute atomic E-state index is 11.9. The third-order valence-electron chi connectivity index (χ3n) is 3.59. The number of rotatable bonds is 6. The predicted octanol–water partition coefficient (Wildman–Crippen LogP) is 2.55. The Morgan fingerprint density at radius 3 is 2.68 bits per heavy atom. The van der Waals surface area contributed by atoms with Crippen LogP contribution in [0, 0.1) is 0 Å². The molecule has 7 heteroatoms. The number of amides is 1. The number of esters is 1. The second-order valence-electron chi connectivity index (χ2n) is 5.43. The van der Waals surface area contributed by atoms with E-state index in [0.717, 1.165) is 16.6 Å². The van der Waals surface area contributed by atoms with Crippen molar-refractivity contribution in [3.8, 4) is 0 Å². The lowest BCUT2D eigenvalue weighted by Gasteiger charge is -2.08. The third kappa shape index (κ3) is 4.58. The smallest absolute Gasteiger partial charge is 0.326 e. The molecule has 0 saturated carbocycles. The van der Waals surface area contributed by atoms with Gasteiger partial charge in [0, 0.05) is 11.6 Å². The van der Waals surface area contributed by atoms with Crippen LogP contribution in [0.15, 0.2) is 54.9 Å². The van der Waals surface area contributed by atoms with Gasteiger partial charge >= 0.3 is 5.97 Å². The predicted molar refractivity (Wildman–Crippen MR) is 94.0 cm³/mol. The number of aromatic nitrogens is 2. The molecule has 0 saturated heterocycles. The molecule has 0 aliphatic carbocycles. The summed E-state index contributed by atoms with van der Waals surface area (Å²) in [5.74, 6) is -0.858. The van der Waals surface area contributed by atoms with Crippen LogP contribution in [0.3, 0.4) is 0 Å². The molecule has 3 aromatic rings. The molecule has 2 aromatic carbocycles. The van der Waals surface area contributed by atoms with Gasteiger partial charge in [-0.2, -0.15) is 0 Å². The van der Waals surface area contributed by atoms with Gasteiger partial charge in [-0.1, -0.05) is 35.9 Å². The lowest BCUT2D eigenvalue weighted by Crippen LogP contribution is -2.29. The van der Waals surface area contributed by atoms with Crippen molar-refractivity contribution in [3.63, 3.8) is 0 Å². The van der Waals surface area contributed by atoms with E-state index in [1.165, 1.54) is 0 Å². The molecule has 25 heavy (non-hydrogen) atoms. The van der Waals surface area contributed by atoms with Crippen LogP contribution < -0.4 is 5.32 Å². The van der Waals surface area contributed by atoms with E-state index in [2.05, 4.69) is 10.3 Å². The molecule has 0 atom stereocenters. The molecule has 1 heterocycles. The van der Waals surface area contributed by atoms with E-state index >= 15 is 0 Å². The Labute approximate surface area is 149 Å². The average Bonchev–Trinajstić information content (AvgIpc) is 3.02. The normalized spacial score (nSPS) is 10.6. The van der Waals surface area contributed by atoms with Crippen LogP contribution in [0.5, 0.6) is 0 Å². The zero-order valence-electron chi connectivity index (χ0n) is 13.3. The number of hydrogen-bond donors (Lipinski definition) is 1. The SMILES string of the molecule is O=C(COC(=O)Cn1cnc2ccccc21)NCc1ccc(Cl)cc1. The van der Waals surface area contributed by atoms with Gasteiger partial charge in [-0.05, 0) is 29.8 Å². The van der Waals surface area contributed by atoms with E-state index in [-0.39, 0.29) is 19.1 Å². The van der Waals surface area contributed by atoms with E-state index in [4.69, 9.17) is 16.3 Å². The molecule has 6 nitrogen and oxygen atoms in total. The number of carbonyl (C=O) groups excluding carboxylic acids is 2. The summed E-state index contributed by atoms with van der Waals surface area (Å²) in [6, 6.07) is 14.6. The van der Waals surface area contributed by atoms with Gasteiger partial charge in [0.05, 0.1) is 17.4 Å². The van der Waals surface area contributed by atoms with Crippen molar-refractivity contribution in [3.05, 3.63) is 65.4 Å². The van der Waals surface area contributed by atoms with Crippen molar-refractivity contribution in [1.82, 2.24) is 14.9 Å². The van der Waals surface area contributed by atoms with E-state index in [9.17, 15) is 9.59 Å². The molecule has 1 amide bonds. The molecular formula is C18H16ClN3O3. The van der Waals surface area contributed by atoms with Crippen LogP contribution in [0.1, 0.15) is 5.56 Å². The fourth-order valence-corrected chi connectivity index (χ4v) is 2.45. The Bertz CT molecular complexity index is 890. The number of nitrogens with zero attached hydrogens (tertiary/aromatic N) is 2. The first kappa shape index (κ1) is 17.0. The minimum absolute atomic E-state index is 0.00494. The van der Waals surface area contributed by atoms with Crippen molar-refractivity contribution >= 4 is 34.5 Å². The van der Waals surface area contributed by atoms with Crippen LogP contribution in [0.25, 0.3) is 11.0 Å². The summed E-state index contributed by atoms with van der Waals surface area (Å²) in [6.45, 7) is 0.0315. The molecule has 3 rings (SSSR count). The monoisotopic (exact) mass is 357 g/mol. The summed E-state index contributed by atoms with van der Waals surface area (Å²) >= 11 is 5.80. The number of hydrogen-bond acceptors (Lipinski definition) is 4. The average molecular weight is 358 g/mol. The molecule has 0 unspecified atom stereocenters. The Morgan fingerprint density at radius 1 is 1.12 bits per heavy atom. The molecular weight excluding hydrogens is 342 g/mol. The number of nitrogens with one attached hydrogen (secondary N) is 1. The molecule has 0 aliphatic heterocycles. The fourth-order valence-electron chi connectivity index (χ4n) is 2.32. The minimum atomic E-state index is -0.496. The highest BCUT2D eigenvalue weighted by Crippen LogP contribution is 2.11. The van der Waals surface area contributed by atoms with Crippen LogP contribution >= 0.6 is 11.6 Å². The maximum Gasteiger partial charge on any atom is 0.326 e. The van der Waals surface area contributed by atoms with Crippen molar-refractivity contribution in [1.29, 1.82) is 0 Å². The summed E-state index contributed by atoms with van der Waals surface area (Å²) in [5.41, 5.74) is 2.55. The first-order chi connectivity index (χ1) is 12.1. The standard InChI is InChI=1S/C18H16ClN3O3/c19-14-7-5-13(6-8-14)9-20-17(23)11-25-18(24)10-22-12-21-15-3-1-2-4-16(15)22/h1-8,12H,9-11H2,(H,20,23). The van der Waals surface area contributed by atoms with Gasteiger partial charge in [0.25, 0.3) is 5.91 Å². The van der Waals surface area contributed by atoms with E-state index < -0.39 is 5.97 Å². The Morgan fingerprint density at radius 2 is 1.88 bits per heavy atom. The summed E-state index contributed by atoms with van der Waals surface area (Å²) in [5, 5.41) is 3.32. The highest BCUT2D eigenvalue weighted by atomic mass is 35.5. The highest BCUT2D eigenvalue weighted by molar-refractivity contribution is 6.30. The van der Waals surface area contributed by atoms with Gasteiger partial charge in [-0.25, -0.2) is 4.98 Å². The lowest BCUT2D eigenvalue weighted by atomic mass is 10.2. The minimum Gasteiger partial charge on any atom is -0.454 e. The summed E-state index contributed by atoms with van der Waals surface area (Å²) < 4.78 is 6.70. The van der Waals surface area contributed by atoms with Gasteiger partial charge in [0.15, 0.2) is 6.61 Å². The molecule has 0 radical (unpaired) electrons. The molecule has 0 bridgehead atoms. The first-order valence-corrected chi connectivity index (χ1v) is 8.06. The molecule has 0 aliphatic rings. The van der Waals surface area contributed by atoms with Crippen LogP contribution in [0.4, 0.5) is 0 Å². The second-order valence-corrected chi connectivity index (χ2v) is 5.86. The number of carbonyl (C=O) groups is 2. The number of imidazole rings is 1. The Balaban J connectivity index is 1.45. The van der Waals surface area contributed by atoms with Gasteiger partial charge in [0.1, 0.15) is 6.54 Å². The number of fused-ring (bicyclic) bond motifs is 1. The van der Waals surface area contributed by atoms with Crippen LogP contribution in [-0.2, 0) is 27.4 Å². The quantitative estimate of drug-likeness (QED) is 0.688. The summed E-state index contributed by atoms with van der Waals surface area (Å²) in [6.07, 6.45) is 1.58. The van der Waals surface area contributed by atoms with Crippen LogP contribution in [0.2, 0.25) is 5.02 Å². The first-order valence-electron chi connectivity index (χ1n) is 7.68. The third-order valence-corrected chi connectivity index (χ3v) is 3.85. The molecule has 0 fully saturated rings. The van der Waals surface area contributed by atoms with Crippen molar-refractivity contribution in [2.24, 2.45) is 0 Å². The molecule has 128 valence electrons. The second kappa shape index (κ2) is 7.81. The maximum atomic E-state index is 11.9. The number of benzene rings is 2. The Kier molecular flexibility index (Phi) is 5.30. The van der Waals surface area contributed by atoms with Crippen molar-refractivity contribution in [2.45, 2.75) is 13.1 Å². The fraction of sp³-hybridized carbons (Fsp3) is 0.167. The highest BCUT2D eigenvalue weighted by Gasteiger charge is 2.10. The topological polar surface area (TPSA) is 73.2 Å². The van der Waals surface area contributed by atoms with Gasteiger partial charge in [0.2, 0.25) is 0 Å². The molecule has 1 N–H and O–H groups in total. The number of halogens is 1. The van der Waals surface area contributed by atoms with E-state index in [0.29, 0.717) is 11.6 Å². The zero-order chi connectivity index (χ0) is 17.6. The lowest BCUT2D eigenvalue weighted by molar-refractivity contribution is -0.149. The number of ether oxygens (including phenoxy) is 1. The van der Waals surface area contributed by atoms with Gasteiger partial charge < -0.3 is 14.6 Å². The zero-order valence-corrected chi connectivity index (χ0v) is 14.1. The van der Waals surface area contributed by atoms with Crippen molar-refractivity contribution < 1.29 is 14.3 Å². The van der Waals surface area contributed by atoms with Gasteiger partial charge in [-0.3, -0.25) is 9.59 Å². The van der Waals surface area contributed by atoms with Crippen LogP contribution in [-0.4, -0.2) is 28.0 Å². The van der Waals surface area contributed by atoms with Gasteiger partial charge in [-0.15, -0.1) is 0 Å².